The number of likely N-dealkylation sites (tertiary alicyclic amines) is 1. The molecule has 0 spiro atoms. The molecule has 0 unspecified atom stereocenters. The molecular formula is C33H39N4O8+. The Kier molecular flexibility index (Phi) is 8.45. The lowest BCUT2D eigenvalue weighted by Gasteiger charge is -2.37. The second-order valence-corrected chi connectivity index (χ2v) is 13.1. The number of hydrogen-bond donors (Lipinski definition) is 1. The zero-order valence-electron chi connectivity index (χ0n) is 26.6. The maximum atomic E-state index is 13.1. The Balaban J connectivity index is 1.28. The van der Waals surface area contributed by atoms with Crippen molar-refractivity contribution in [2.24, 2.45) is 7.05 Å². The molecule has 2 aromatic carbocycles. The number of carbonyl (C=O) groups is 4. The number of hydroxylamine groups is 2. The lowest BCUT2D eigenvalue weighted by atomic mass is 10.1. The van der Waals surface area contributed by atoms with Crippen LogP contribution in [0, 0.1) is 0 Å². The fourth-order valence-electron chi connectivity index (χ4n) is 4.93. The minimum Gasteiger partial charge on any atom is -0.490 e. The quantitative estimate of drug-likeness (QED) is 0.226. The topological polar surface area (TPSA) is 128 Å². The summed E-state index contributed by atoms with van der Waals surface area (Å²) in [7, 11) is 1.93. The number of nitrogens with zero attached hydrogens (tertiary/aromatic N) is 3. The van der Waals surface area contributed by atoms with Crippen molar-refractivity contribution in [1.82, 2.24) is 9.96 Å². The summed E-state index contributed by atoms with van der Waals surface area (Å²) in [5.74, 6) is -0.791. The molecule has 1 aromatic heterocycles. The highest BCUT2D eigenvalue weighted by molar-refractivity contribution is 6.20. The normalized spacial score (nSPS) is 15.9. The summed E-state index contributed by atoms with van der Waals surface area (Å²) in [6.45, 7) is 11.4. The molecule has 0 aliphatic carbocycles. The van der Waals surface area contributed by atoms with E-state index in [0.29, 0.717) is 23.9 Å². The second-order valence-electron chi connectivity index (χ2n) is 13.1. The van der Waals surface area contributed by atoms with Crippen LogP contribution < -0.4 is 14.6 Å². The zero-order valence-corrected chi connectivity index (χ0v) is 26.6. The number of ether oxygens (including phenoxy) is 3. The number of aryl methyl sites for hydroxylation is 1. The number of pyridine rings is 1. The van der Waals surface area contributed by atoms with Crippen molar-refractivity contribution >= 4 is 40.5 Å². The monoisotopic (exact) mass is 619 g/mol. The minimum absolute atomic E-state index is 0.0547. The number of aromatic nitrogens is 1. The Bertz CT molecular complexity index is 1620. The predicted octanol–water partition coefficient (Wildman–Crippen LogP) is 4.01. The van der Waals surface area contributed by atoms with E-state index in [0.717, 1.165) is 16.6 Å². The number of fused-ring (bicyclic) bond motifs is 2. The van der Waals surface area contributed by atoms with Crippen LogP contribution in [-0.4, -0.2) is 76.9 Å². The van der Waals surface area contributed by atoms with E-state index in [1.165, 1.54) is 12.1 Å². The van der Waals surface area contributed by atoms with Crippen molar-refractivity contribution in [1.29, 1.82) is 0 Å². The molecule has 12 heteroatoms. The molecule has 12 nitrogen and oxygen atoms in total. The molecule has 1 saturated heterocycles. The van der Waals surface area contributed by atoms with E-state index in [1.807, 2.05) is 56.8 Å². The van der Waals surface area contributed by atoms with Gasteiger partial charge >= 0.3 is 12.1 Å². The Morgan fingerprint density at radius 2 is 1.56 bits per heavy atom. The average Bonchev–Trinajstić information content (AvgIpc) is 3.16. The Morgan fingerprint density at radius 1 is 0.933 bits per heavy atom. The van der Waals surface area contributed by atoms with Gasteiger partial charge in [0.1, 0.15) is 29.6 Å². The first kappa shape index (κ1) is 31.7. The van der Waals surface area contributed by atoms with Crippen molar-refractivity contribution in [3.63, 3.8) is 0 Å². The molecule has 0 bridgehead atoms. The van der Waals surface area contributed by atoms with E-state index in [4.69, 9.17) is 19.0 Å². The van der Waals surface area contributed by atoms with Gasteiger partial charge < -0.3 is 14.2 Å². The third-order valence-electron chi connectivity index (χ3n) is 7.04. The number of rotatable bonds is 8. The van der Waals surface area contributed by atoms with Gasteiger partial charge in [-0.15, -0.1) is 5.06 Å². The van der Waals surface area contributed by atoms with Gasteiger partial charge in [-0.3, -0.25) is 19.8 Å². The third-order valence-corrected chi connectivity index (χ3v) is 7.04. The lowest BCUT2D eigenvalue weighted by Crippen LogP contribution is -2.58. The van der Waals surface area contributed by atoms with Crippen LogP contribution in [0.4, 0.5) is 10.6 Å². The molecule has 45 heavy (non-hydrogen) atoms. The Hall–Kier alpha value is -4.71. The van der Waals surface area contributed by atoms with Crippen LogP contribution in [0.5, 0.6) is 5.75 Å². The van der Waals surface area contributed by atoms with Gasteiger partial charge in [0.25, 0.3) is 17.6 Å². The van der Waals surface area contributed by atoms with Crippen molar-refractivity contribution < 1.29 is 42.8 Å². The van der Waals surface area contributed by atoms with Crippen molar-refractivity contribution in [2.45, 2.75) is 64.9 Å². The maximum absolute atomic E-state index is 13.1. The average molecular weight is 620 g/mol. The number of nitrogens with one attached hydrogen (secondary N) is 1. The van der Waals surface area contributed by atoms with E-state index < -0.39 is 35.1 Å². The van der Waals surface area contributed by atoms with Gasteiger partial charge in [-0.25, -0.2) is 19.0 Å². The number of hydrogen-bond acceptors (Lipinski definition) is 9. The minimum atomic E-state index is -1.40. The zero-order chi connectivity index (χ0) is 32.7. The first-order valence-corrected chi connectivity index (χ1v) is 14.8. The number of amides is 3. The SMILES string of the molecule is C[n+]1ccc2cc(OC[C@H](ON3C(=O)c4ccccc4C3=O)C(=O)OC(C)(C)C)ccc2c1NC1CN(C(=O)OC(C)(C)C)C1. The maximum Gasteiger partial charge on any atom is 0.410 e. The summed E-state index contributed by atoms with van der Waals surface area (Å²) < 4.78 is 18.9. The molecule has 1 atom stereocenters. The number of benzene rings is 2. The fraction of sp³-hybridized carbons (Fsp3) is 0.424. The third kappa shape index (κ3) is 7.17. The molecule has 5 rings (SSSR count). The summed E-state index contributed by atoms with van der Waals surface area (Å²) in [5, 5.41) is 5.90. The van der Waals surface area contributed by atoms with Crippen LogP contribution in [0.15, 0.2) is 54.7 Å². The van der Waals surface area contributed by atoms with Crippen molar-refractivity contribution in [3.8, 4) is 5.75 Å². The van der Waals surface area contributed by atoms with Crippen LogP contribution >= 0.6 is 0 Å². The molecular weight excluding hydrogens is 580 g/mol. The molecule has 3 amide bonds. The van der Waals surface area contributed by atoms with Gasteiger partial charge in [0.05, 0.1) is 42.8 Å². The van der Waals surface area contributed by atoms with E-state index in [2.05, 4.69) is 5.32 Å². The molecule has 3 heterocycles. The van der Waals surface area contributed by atoms with Gasteiger partial charge in [0, 0.05) is 0 Å². The summed E-state index contributed by atoms with van der Waals surface area (Å²) in [6, 6.07) is 13.8. The first-order chi connectivity index (χ1) is 21.1. The van der Waals surface area contributed by atoms with Gasteiger partial charge in [-0.2, -0.15) is 0 Å². The molecule has 1 N–H and O–H groups in total. The van der Waals surface area contributed by atoms with Crippen molar-refractivity contribution in [3.05, 3.63) is 65.9 Å². The smallest absolute Gasteiger partial charge is 0.410 e. The first-order valence-electron chi connectivity index (χ1n) is 14.8. The van der Waals surface area contributed by atoms with E-state index in [1.54, 1.807) is 43.9 Å². The highest BCUT2D eigenvalue weighted by Crippen LogP contribution is 2.28. The standard InChI is InChI=1S/C33H38N4O8/c1-32(2,3)43-30(40)26(45-37-28(38)24-10-8-9-11-25(24)29(37)39)19-42-22-12-13-23-20(16-22)14-15-35(7)27(23)34-21-17-36(18-21)31(41)44-33(4,5)6/h8-16,21,26H,17-19H2,1-7H3/p+1/t26-/m0/s1. The summed E-state index contributed by atoms with van der Waals surface area (Å²) in [4.78, 5) is 58.6. The van der Waals surface area contributed by atoms with E-state index >= 15 is 0 Å². The van der Waals surface area contributed by atoms with Crippen LogP contribution in [0.3, 0.4) is 0 Å². The molecule has 1 fully saturated rings. The van der Waals surface area contributed by atoms with Crippen LogP contribution in [0.1, 0.15) is 62.3 Å². The summed E-state index contributed by atoms with van der Waals surface area (Å²) >= 11 is 0. The Labute approximate surface area is 261 Å². The summed E-state index contributed by atoms with van der Waals surface area (Å²) in [5.41, 5.74) is -1.01. The van der Waals surface area contributed by atoms with Crippen LogP contribution in [0.25, 0.3) is 10.8 Å². The molecule has 0 radical (unpaired) electrons. The molecule has 2 aliphatic heterocycles. The number of esters is 1. The molecule has 2 aliphatic rings. The highest BCUT2D eigenvalue weighted by atomic mass is 16.7. The largest absolute Gasteiger partial charge is 0.490 e. The van der Waals surface area contributed by atoms with Crippen LogP contribution in [-0.2, 0) is 26.2 Å². The number of anilines is 1. The summed E-state index contributed by atoms with van der Waals surface area (Å²) in [6.07, 6.45) is 0.175. The highest BCUT2D eigenvalue weighted by Gasteiger charge is 2.41. The van der Waals surface area contributed by atoms with Crippen LogP contribution in [0.2, 0.25) is 0 Å². The Morgan fingerprint density at radius 3 is 2.16 bits per heavy atom. The van der Waals surface area contributed by atoms with Gasteiger partial charge in [0.2, 0.25) is 6.10 Å². The fourth-order valence-corrected chi connectivity index (χ4v) is 4.93. The molecule has 0 saturated carbocycles. The van der Waals surface area contributed by atoms with Crippen molar-refractivity contribution in [2.75, 3.05) is 25.0 Å². The van der Waals surface area contributed by atoms with Gasteiger partial charge in [-0.05, 0) is 83.3 Å². The van der Waals surface area contributed by atoms with Gasteiger partial charge in [-0.1, -0.05) is 12.1 Å². The second kappa shape index (κ2) is 12.0. The predicted molar refractivity (Wildman–Crippen MR) is 163 cm³/mol. The lowest BCUT2D eigenvalue weighted by molar-refractivity contribution is -0.656. The number of imide groups is 1. The molecule has 3 aromatic rings. The van der Waals surface area contributed by atoms with E-state index in [9.17, 15) is 19.2 Å². The molecule has 238 valence electrons. The van der Waals surface area contributed by atoms with E-state index in [-0.39, 0.29) is 29.9 Å². The van der Waals surface area contributed by atoms with Gasteiger partial charge in [0.15, 0.2) is 0 Å². The number of carbonyl (C=O) groups excluding carboxylic acids is 4.